The summed E-state index contributed by atoms with van der Waals surface area (Å²) in [5.74, 6) is 0.152. The summed E-state index contributed by atoms with van der Waals surface area (Å²) in [4.78, 5) is 17.9. The summed E-state index contributed by atoms with van der Waals surface area (Å²) in [7, 11) is 1.85. The van der Waals surface area contributed by atoms with Crippen molar-refractivity contribution in [3.63, 3.8) is 0 Å². The first-order chi connectivity index (χ1) is 10.6. The van der Waals surface area contributed by atoms with Crippen LogP contribution in [-0.2, 0) is 24.3 Å². The van der Waals surface area contributed by atoms with Crippen LogP contribution in [0.5, 0.6) is 0 Å². The molecule has 3 rings (SSSR count). The molecule has 1 aliphatic rings. The number of amides is 1. The van der Waals surface area contributed by atoms with Gasteiger partial charge in [0.05, 0.1) is 6.54 Å². The van der Waals surface area contributed by atoms with Crippen molar-refractivity contribution in [3.8, 4) is 0 Å². The molecule has 0 N–H and O–H groups in total. The molecule has 116 valence electrons. The monoisotopic (exact) mass is 334 g/mol. The molecule has 0 saturated heterocycles. The van der Waals surface area contributed by atoms with Crippen molar-refractivity contribution in [1.29, 1.82) is 0 Å². The Bertz CT molecular complexity index is 670. The van der Waals surface area contributed by atoms with Crippen molar-refractivity contribution >= 4 is 28.8 Å². The van der Waals surface area contributed by atoms with Gasteiger partial charge in [0, 0.05) is 36.6 Å². The highest BCUT2D eigenvalue weighted by Gasteiger charge is 2.20. The van der Waals surface area contributed by atoms with Crippen molar-refractivity contribution in [2.45, 2.75) is 19.5 Å². The molecule has 0 unspecified atom stereocenters. The minimum absolute atomic E-state index is 0.152. The van der Waals surface area contributed by atoms with Crippen LogP contribution in [0.3, 0.4) is 0 Å². The molecule has 1 aliphatic heterocycles. The Labute approximate surface area is 140 Å². The average Bonchev–Trinajstić information content (AvgIpc) is 2.94. The van der Waals surface area contributed by atoms with Crippen molar-refractivity contribution in [1.82, 2.24) is 9.80 Å². The second kappa shape index (κ2) is 6.82. The molecule has 2 heterocycles. The van der Waals surface area contributed by atoms with Crippen molar-refractivity contribution in [3.05, 3.63) is 56.7 Å². The van der Waals surface area contributed by atoms with E-state index in [0.29, 0.717) is 18.1 Å². The van der Waals surface area contributed by atoms with E-state index in [2.05, 4.69) is 16.3 Å². The third-order valence-electron chi connectivity index (χ3n) is 3.98. The molecular formula is C17H19ClN2OS. The van der Waals surface area contributed by atoms with E-state index < -0.39 is 0 Å². The number of likely N-dealkylation sites (N-methyl/N-ethyl adjacent to an activating group) is 1. The van der Waals surface area contributed by atoms with Crippen LogP contribution in [0.1, 0.15) is 16.0 Å². The molecule has 0 spiro atoms. The largest absolute Gasteiger partial charge is 0.340 e. The number of carbonyl (C=O) groups is 1. The van der Waals surface area contributed by atoms with E-state index in [1.807, 2.05) is 42.6 Å². The highest BCUT2D eigenvalue weighted by Crippen LogP contribution is 2.23. The highest BCUT2D eigenvalue weighted by molar-refractivity contribution is 7.10. The fourth-order valence-corrected chi connectivity index (χ4v) is 3.85. The number of hydrogen-bond donors (Lipinski definition) is 0. The Morgan fingerprint density at radius 3 is 3.09 bits per heavy atom. The number of fused-ring (bicyclic) bond motifs is 1. The number of rotatable bonds is 4. The molecular weight excluding hydrogens is 316 g/mol. The molecule has 22 heavy (non-hydrogen) atoms. The van der Waals surface area contributed by atoms with Gasteiger partial charge in [-0.2, -0.15) is 0 Å². The van der Waals surface area contributed by atoms with E-state index in [1.54, 1.807) is 4.90 Å². The molecule has 1 amide bonds. The smallest absolute Gasteiger partial charge is 0.236 e. The number of halogens is 1. The van der Waals surface area contributed by atoms with Gasteiger partial charge in [-0.25, -0.2) is 0 Å². The zero-order chi connectivity index (χ0) is 15.5. The predicted octanol–water partition coefficient (Wildman–Crippen LogP) is 3.42. The quantitative estimate of drug-likeness (QED) is 0.855. The molecule has 0 radical (unpaired) electrons. The number of nitrogens with zero attached hydrogens (tertiary/aromatic N) is 2. The Balaban J connectivity index is 1.55. The third-order valence-corrected chi connectivity index (χ3v) is 5.24. The lowest BCUT2D eigenvalue weighted by molar-refractivity contribution is -0.131. The molecule has 0 fully saturated rings. The fraction of sp³-hybridized carbons (Fsp3) is 0.353. The average molecular weight is 335 g/mol. The first-order valence-corrected chi connectivity index (χ1v) is 8.63. The van der Waals surface area contributed by atoms with Gasteiger partial charge in [0.15, 0.2) is 0 Å². The maximum atomic E-state index is 12.4. The topological polar surface area (TPSA) is 23.6 Å². The maximum absolute atomic E-state index is 12.4. The molecule has 0 saturated carbocycles. The Morgan fingerprint density at radius 2 is 2.27 bits per heavy atom. The van der Waals surface area contributed by atoms with E-state index in [9.17, 15) is 4.79 Å². The number of thiophene rings is 1. The summed E-state index contributed by atoms with van der Waals surface area (Å²) < 4.78 is 0. The molecule has 0 bridgehead atoms. The van der Waals surface area contributed by atoms with Crippen LogP contribution >= 0.6 is 22.9 Å². The second-order valence-corrected chi connectivity index (χ2v) is 7.15. The van der Waals surface area contributed by atoms with E-state index >= 15 is 0 Å². The van der Waals surface area contributed by atoms with E-state index in [4.69, 9.17) is 11.6 Å². The van der Waals surface area contributed by atoms with Gasteiger partial charge in [-0.1, -0.05) is 23.7 Å². The minimum Gasteiger partial charge on any atom is -0.340 e. The Kier molecular flexibility index (Phi) is 4.81. The molecule has 0 atom stereocenters. The van der Waals surface area contributed by atoms with Crippen LogP contribution in [-0.4, -0.2) is 35.8 Å². The molecule has 0 aliphatic carbocycles. The van der Waals surface area contributed by atoms with Crippen molar-refractivity contribution in [2.75, 3.05) is 20.1 Å². The normalized spacial score (nSPS) is 14.6. The molecule has 3 nitrogen and oxygen atoms in total. The molecule has 1 aromatic heterocycles. The summed E-state index contributed by atoms with van der Waals surface area (Å²) in [5.41, 5.74) is 2.43. The highest BCUT2D eigenvalue weighted by atomic mass is 35.5. The standard InChI is InChI=1S/C17H19ClN2OS/c1-19(10-13-3-2-4-15(18)9-13)17(21)12-20-7-5-16-14(11-20)6-8-22-16/h2-4,6,8-9H,5,7,10-12H2,1H3. The Morgan fingerprint density at radius 1 is 1.41 bits per heavy atom. The van der Waals surface area contributed by atoms with E-state index in [-0.39, 0.29) is 5.91 Å². The lowest BCUT2D eigenvalue weighted by Crippen LogP contribution is -2.40. The SMILES string of the molecule is CN(Cc1cccc(Cl)c1)C(=O)CN1CCc2sccc2C1. The van der Waals surface area contributed by atoms with Crippen molar-refractivity contribution < 1.29 is 4.79 Å². The number of hydrogen-bond acceptors (Lipinski definition) is 3. The van der Waals surface area contributed by atoms with Crippen LogP contribution in [0.2, 0.25) is 5.02 Å². The van der Waals surface area contributed by atoms with Gasteiger partial charge in [0.25, 0.3) is 0 Å². The third kappa shape index (κ3) is 3.69. The zero-order valence-electron chi connectivity index (χ0n) is 12.6. The Hall–Kier alpha value is -1.36. The van der Waals surface area contributed by atoms with Gasteiger partial charge in [0.1, 0.15) is 0 Å². The van der Waals surface area contributed by atoms with Crippen LogP contribution in [0.15, 0.2) is 35.7 Å². The lowest BCUT2D eigenvalue weighted by atomic mass is 10.1. The number of benzene rings is 1. The summed E-state index contributed by atoms with van der Waals surface area (Å²) in [5, 5.41) is 2.85. The lowest BCUT2D eigenvalue weighted by Gasteiger charge is -2.28. The van der Waals surface area contributed by atoms with Crippen LogP contribution in [0, 0.1) is 0 Å². The van der Waals surface area contributed by atoms with Gasteiger partial charge < -0.3 is 4.90 Å². The number of carbonyl (C=O) groups excluding carboxylic acids is 1. The van der Waals surface area contributed by atoms with Gasteiger partial charge in [0.2, 0.25) is 5.91 Å². The van der Waals surface area contributed by atoms with Crippen LogP contribution in [0.4, 0.5) is 0 Å². The van der Waals surface area contributed by atoms with Crippen molar-refractivity contribution in [2.24, 2.45) is 0 Å². The summed E-state index contributed by atoms with van der Waals surface area (Å²) >= 11 is 7.81. The van der Waals surface area contributed by atoms with Gasteiger partial charge in [-0.15, -0.1) is 11.3 Å². The van der Waals surface area contributed by atoms with Gasteiger partial charge in [-0.05, 0) is 41.1 Å². The summed E-state index contributed by atoms with van der Waals surface area (Å²) in [6.07, 6.45) is 1.05. The fourth-order valence-electron chi connectivity index (χ4n) is 2.75. The van der Waals surface area contributed by atoms with Crippen LogP contribution < -0.4 is 0 Å². The summed E-state index contributed by atoms with van der Waals surface area (Å²) in [6.45, 7) is 2.92. The van der Waals surface area contributed by atoms with Crippen LogP contribution in [0.25, 0.3) is 0 Å². The van der Waals surface area contributed by atoms with Gasteiger partial charge in [-0.3, -0.25) is 9.69 Å². The second-order valence-electron chi connectivity index (χ2n) is 5.71. The zero-order valence-corrected chi connectivity index (χ0v) is 14.2. The van der Waals surface area contributed by atoms with E-state index in [1.165, 1.54) is 10.4 Å². The minimum atomic E-state index is 0.152. The molecule has 5 heteroatoms. The van der Waals surface area contributed by atoms with E-state index in [0.717, 1.165) is 25.1 Å². The predicted molar refractivity (Wildman–Crippen MR) is 91.2 cm³/mol. The maximum Gasteiger partial charge on any atom is 0.236 e. The first-order valence-electron chi connectivity index (χ1n) is 7.38. The summed E-state index contributed by atoms with van der Waals surface area (Å²) in [6, 6.07) is 9.84. The molecule has 2 aromatic rings. The first kappa shape index (κ1) is 15.5. The molecule has 1 aromatic carbocycles. The van der Waals surface area contributed by atoms with Gasteiger partial charge >= 0.3 is 0 Å².